The molecule has 0 saturated carbocycles. The number of hydrogen-bond acceptors (Lipinski definition) is 5. The fraction of sp³-hybridized carbons (Fsp3) is 0.938. The van der Waals surface area contributed by atoms with Crippen LogP contribution in [0.1, 0.15) is 367 Å². The zero-order chi connectivity index (χ0) is 51.4. The molecule has 0 aliphatic rings. The Bertz CT molecular complexity index is 1060. The largest absolute Gasteiger partial charge is 0.466 e. The number of esters is 1. The Labute approximate surface area is 444 Å². The van der Waals surface area contributed by atoms with Crippen molar-refractivity contribution in [2.75, 3.05) is 13.2 Å². The number of carbonyl (C=O) groups is 2. The van der Waals surface area contributed by atoms with Crippen LogP contribution in [0.25, 0.3) is 0 Å². The van der Waals surface area contributed by atoms with E-state index in [9.17, 15) is 19.8 Å². The van der Waals surface area contributed by atoms with Gasteiger partial charge in [-0.3, -0.25) is 9.59 Å². The van der Waals surface area contributed by atoms with E-state index >= 15 is 0 Å². The number of unbranched alkanes of at least 4 members (excludes halogenated alkanes) is 48. The summed E-state index contributed by atoms with van der Waals surface area (Å²) >= 11 is 0. The molecule has 0 fully saturated rings. The van der Waals surface area contributed by atoms with E-state index in [1.165, 1.54) is 289 Å². The van der Waals surface area contributed by atoms with Crippen molar-refractivity contribution in [1.82, 2.24) is 5.32 Å². The molecule has 0 heterocycles. The van der Waals surface area contributed by atoms with E-state index < -0.39 is 12.1 Å². The molecule has 71 heavy (non-hydrogen) atoms. The Morgan fingerprint density at radius 1 is 0.380 bits per heavy atom. The summed E-state index contributed by atoms with van der Waals surface area (Å²) in [5.41, 5.74) is 0. The summed E-state index contributed by atoms with van der Waals surface area (Å²) in [7, 11) is 0. The van der Waals surface area contributed by atoms with Gasteiger partial charge in [-0.1, -0.05) is 315 Å². The van der Waals surface area contributed by atoms with Gasteiger partial charge in [-0.25, -0.2) is 0 Å². The van der Waals surface area contributed by atoms with Crippen molar-refractivity contribution in [1.29, 1.82) is 0 Å². The van der Waals surface area contributed by atoms with Gasteiger partial charge in [-0.2, -0.15) is 0 Å². The minimum Gasteiger partial charge on any atom is -0.466 e. The van der Waals surface area contributed by atoms with E-state index in [1.54, 1.807) is 0 Å². The van der Waals surface area contributed by atoms with Gasteiger partial charge in [0.25, 0.3) is 0 Å². The van der Waals surface area contributed by atoms with Crippen LogP contribution in [-0.2, 0) is 14.3 Å². The number of hydrogen-bond donors (Lipinski definition) is 3. The lowest BCUT2D eigenvalue weighted by Crippen LogP contribution is -2.45. The van der Waals surface area contributed by atoms with Gasteiger partial charge < -0.3 is 20.3 Å². The highest BCUT2D eigenvalue weighted by atomic mass is 16.5. The zero-order valence-electron chi connectivity index (χ0n) is 48.2. The molecule has 0 radical (unpaired) electrons. The summed E-state index contributed by atoms with van der Waals surface area (Å²) in [5.74, 6) is -0.0181. The van der Waals surface area contributed by atoms with Crippen LogP contribution in [0.4, 0.5) is 0 Å². The maximum absolute atomic E-state index is 12.5. The minimum atomic E-state index is -0.661. The molecule has 6 nitrogen and oxygen atoms in total. The van der Waals surface area contributed by atoms with E-state index in [-0.39, 0.29) is 18.5 Å². The van der Waals surface area contributed by atoms with E-state index in [2.05, 4.69) is 31.3 Å². The van der Waals surface area contributed by atoms with Crippen molar-refractivity contribution in [3.63, 3.8) is 0 Å². The molecule has 0 spiro atoms. The maximum atomic E-state index is 12.5. The number of aliphatic hydroxyl groups excluding tert-OH is 2. The quantitative estimate of drug-likeness (QED) is 0.0320. The van der Waals surface area contributed by atoms with Crippen LogP contribution in [0.15, 0.2) is 12.2 Å². The number of allylic oxidation sites excluding steroid dienone is 2. The minimum absolute atomic E-state index is 0.0138. The second-order valence-electron chi connectivity index (χ2n) is 22.5. The van der Waals surface area contributed by atoms with Gasteiger partial charge in [0, 0.05) is 12.8 Å². The molecule has 0 aromatic rings. The fourth-order valence-electron chi connectivity index (χ4n) is 10.3. The first-order chi connectivity index (χ1) is 35.0. The third kappa shape index (κ3) is 57.7. The number of rotatable bonds is 61. The van der Waals surface area contributed by atoms with Crippen molar-refractivity contribution in [3.8, 4) is 0 Å². The molecule has 0 rings (SSSR count). The average Bonchev–Trinajstić information content (AvgIpc) is 3.37. The summed E-state index contributed by atoms with van der Waals surface area (Å²) in [6.07, 6.45) is 73.8. The van der Waals surface area contributed by atoms with Crippen LogP contribution >= 0.6 is 0 Å². The molecule has 0 aliphatic carbocycles. The molecular formula is C65H127NO5. The molecule has 0 aromatic carbocycles. The average molecular weight is 1000 g/mol. The van der Waals surface area contributed by atoms with Crippen molar-refractivity contribution in [2.24, 2.45) is 0 Å². The lowest BCUT2D eigenvalue weighted by atomic mass is 10.0. The van der Waals surface area contributed by atoms with Gasteiger partial charge in [-0.15, -0.1) is 0 Å². The SMILES string of the molecule is CCCCCCCC/C=C\CCCCCCCCCC(=O)OCCCCCCCCCCCCCCCCCCCCCCCCCCCC(=O)NC(CO)C(O)CCCCCCCCCCCCCC. The summed E-state index contributed by atoms with van der Waals surface area (Å²) in [4.78, 5) is 24.5. The Morgan fingerprint density at radius 3 is 1.00 bits per heavy atom. The molecule has 0 aromatic heterocycles. The van der Waals surface area contributed by atoms with Gasteiger partial charge >= 0.3 is 5.97 Å². The topological polar surface area (TPSA) is 95.9 Å². The maximum Gasteiger partial charge on any atom is 0.305 e. The van der Waals surface area contributed by atoms with Crippen LogP contribution in [0.2, 0.25) is 0 Å². The molecule has 2 unspecified atom stereocenters. The highest BCUT2D eigenvalue weighted by Crippen LogP contribution is 2.18. The first-order valence-corrected chi connectivity index (χ1v) is 32.4. The van der Waals surface area contributed by atoms with Crippen molar-refractivity contribution in [2.45, 2.75) is 379 Å². The number of nitrogens with one attached hydrogen (secondary N) is 1. The Morgan fingerprint density at radius 2 is 0.662 bits per heavy atom. The lowest BCUT2D eigenvalue weighted by Gasteiger charge is -2.22. The molecule has 2 atom stereocenters. The number of amides is 1. The van der Waals surface area contributed by atoms with Crippen LogP contribution in [0.3, 0.4) is 0 Å². The summed E-state index contributed by atoms with van der Waals surface area (Å²) < 4.78 is 5.50. The number of ether oxygens (including phenoxy) is 1. The molecule has 1 amide bonds. The van der Waals surface area contributed by atoms with Crippen LogP contribution in [0.5, 0.6) is 0 Å². The van der Waals surface area contributed by atoms with E-state index in [0.29, 0.717) is 25.9 Å². The smallest absolute Gasteiger partial charge is 0.305 e. The Hall–Kier alpha value is -1.40. The molecule has 0 aliphatic heterocycles. The van der Waals surface area contributed by atoms with Crippen molar-refractivity contribution >= 4 is 11.9 Å². The van der Waals surface area contributed by atoms with Crippen LogP contribution < -0.4 is 5.32 Å². The summed E-state index contributed by atoms with van der Waals surface area (Å²) in [6.45, 7) is 4.97. The predicted octanol–water partition coefficient (Wildman–Crippen LogP) is 20.4. The highest BCUT2D eigenvalue weighted by Gasteiger charge is 2.20. The number of aliphatic hydroxyl groups is 2. The highest BCUT2D eigenvalue weighted by molar-refractivity contribution is 5.76. The zero-order valence-corrected chi connectivity index (χ0v) is 48.2. The van der Waals surface area contributed by atoms with Crippen LogP contribution in [0, 0.1) is 0 Å². The van der Waals surface area contributed by atoms with Gasteiger partial charge in [-0.05, 0) is 51.4 Å². The summed E-state index contributed by atoms with van der Waals surface area (Å²) in [6, 6.07) is -0.538. The Kier molecular flexibility index (Phi) is 59.9. The van der Waals surface area contributed by atoms with Gasteiger partial charge in [0.2, 0.25) is 5.91 Å². The first kappa shape index (κ1) is 69.6. The van der Waals surface area contributed by atoms with E-state index in [1.807, 2.05) is 0 Å². The molecule has 3 N–H and O–H groups in total. The van der Waals surface area contributed by atoms with Crippen molar-refractivity contribution < 1.29 is 24.5 Å². The first-order valence-electron chi connectivity index (χ1n) is 32.4. The van der Waals surface area contributed by atoms with E-state index in [0.717, 1.165) is 44.9 Å². The fourth-order valence-corrected chi connectivity index (χ4v) is 10.3. The summed E-state index contributed by atoms with van der Waals surface area (Å²) in [5, 5.41) is 23.2. The number of carbonyl (C=O) groups excluding carboxylic acids is 2. The monoisotopic (exact) mass is 1000 g/mol. The normalized spacial score (nSPS) is 12.6. The molecule has 422 valence electrons. The van der Waals surface area contributed by atoms with E-state index in [4.69, 9.17) is 4.74 Å². The second kappa shape index (κ2) is 61.1. The standard InChI is InChI=1S/C65H127NO5/c1-3-5-7-9-11-13-15-17-18-28-32-35-39-43-47-51-55-59-65(70)71-60-56-52-48-44-40-36-33-30-27-25-23-21-19-20-22-24-26-29-31-34-38-42-46-50-54-58-64(69)66-62(61-67)63(68)57-53-49-45-41-37-16-14-12-10-8-6-4-2/h17-18,62-63,67-68H,3-16,19-61H2,1-2H3,(H,66,69)/b18-17-. The lowest BCUT2D eigenvalue weighted by molar-refractivity contribution is -0.143. The Balaban J connectivity index is 3.33. The third-order valence-corrected chi connectivity index (χ3v) is 15.3. The second-order valence-corrected chi connectivity index (χ2v) is 22.5. The predicted molar refractivity (Wildman–Crippen MR) is 310 cm³/mol. The third-order valence-electron chi connectivity index (χ3n) is 15.3. The van der Waals surface area contributed by atoms with Gasteiger partial charge in [0.05, 0.1) is 25.4 Å². The van der Waals surface area contributed by atoms with Gasteiger partial charge in [0.1, 0.15) is 0 Å². The molecule has 6 heteroatoms. The van der Waals surface area contributed by atoms with Crippen LogP contribution in [-0.4, -0.2) is 47.4 Å². The van der Waals surface area contributed by atoms with Gasteiger partial charge in [0.15, 0.2) is 0 Å². The molecule has 0 bridgehead atoms. The van der Waals surface area contributed by atoms with Crippen molar-refractivity contribution in [3.05, 3.63) is 12.2 Å². The molecule has 0 saturated heterocycles. The molecular weight excluding hydrogens is 875 g/mol.